The number of aliphatic hydroxyl groups excluding tert-OH is 1. The maximum absolute atomic E-state index is 9.01. The molecule has 1 aliphatic heterocycles. The Morgan fingerprint density at radius 3 is 3.25 bits per heavy atom. The molecule has 2 N–H and O–H groups in total. The largest absolute Gasteiger partial charge is 0.390 e. The molecular weight excluding hydrogens is 154 g/mol. The minimum Gasteiger partial charge on any atom is -0.390 e. The Hall–Kier alpha value is -0.870. The van der Waals surface area contributed by atoms with E-state index < -0.39 is 0 Å². The van der Waals surface area contributed by atoms with E-state index in [1.54, 1.807) is 0 Å². The van der Waals surface area contributed by atoms with Crippen molar-refractivity contribution >= 4 is 0 Å². The third-order valence-corrected chi connectivity index (χ3v) is 2.35. The molecule has 4 nitrogen and oxygen atoms in total. The predicted molar refractivity (Wildman–Crippen MR) is 44.5 cm³/mol. The summed E-state index contributed by atoms with van der Waals surface area (Å²) in [5.41, 5.74) is 3.29. The van der Waals surface area contributed by atoms with Crippen molar-refractivity contribution in [2.75, 3.05) is 6.54 Å². The lowest BCUT2D eigenvalue weighted by Gasteiger charge is -2.13. The highest BCUT2D eigenvalue weighted by atomic mass is 16.3. The zero-order valence-corrected chi connectivity index (χ0v) is 7.17. The Morgan fingerprint density at radius 2 is 2.50 bits per heavy atom. The van der Waals surface area contributed by atoms with E-state index in [-0.39, 0.29) is 6.61 Å². The van der Waals surface area contributed by atoms with Crippen LogP contribution in [0.2, 0.25) is 0 Å². The smallest absolute Gasteiger partial charge is 0.0914 e. The Bertz CT molecular complexity index is 293. The third kappa shape index (κ3) is 1.04. The quantitative estimate of drug-likeness (QED) is 0.596. The van der Waals surface area contributed by atoms with Crippen LogP contribution < -0.4 is 5.32 Å². The lowest BCUT2D eigenvalue weighted by atomic mass is 10.1. The van der Waals surface area contributed by atoms with Crippen molar-refractivity contribution in [1.29, 1.82) is 0 Å². The first-order chi connectivity index (χ1) is 5.83. The van der Waals surface area contributed by atoms with Crippen LogP contribution in [0.15, 0.2) is 0 Å². The number of aromatic nitrogens is 2. The van der Waals surface area contributed by atoms with Crippen LogP contribution in [0.3, 0.4) is 0 Å². The summed E-state index contributed by atoms with van der Waals surface area (Å²) in [6.07, 6.45) is 0.985. The summed E-state index contributed by atoms with van der Waals surface area (Å²) in [6.45, 7) is 1.92. The number of aryl methyl sites for hydroxylation is 1. The van der Waals surface area contributed by atoms with Gasteiger partial charge in [-0.05, 0) is 13.0 Å². The Morgan fingerprint density at radius 1 is 1.67 bits per heavy atom. The number of fused-ring (bicyclic) bond motifs is 1. The fourth-order valence-corrected chi connectivity index (χ4v) is 1.72. The van der Waals surface area contributed by atoms with E-state index in [2.05, 4.69) is 10.4 Å². The second-order valence-corrected chi connectivity index (χ2v) is 3.08. The zero-order valence-electron chi connectivity index (χ0n) is 7.17. The Kier molecular flexibility index (Phi) is 1.86. The van der Waals surface area contributed by atoms with Crippen LogP contribution in [-0.4, -0.2) is 21.4 Å². The molecule has 0 aliphatic carbocycles. The number of aliphatic hydroxyl groups is 1. The van der Waals surface area contributed by atoms with E-state index in [0.29, 0.717) is 0 Å². The summed E-state index contributed by atoms with van der Waals surface area (Å²) >= 11 is 0. The highest BCUT2D eigenvalue weighted by molar-refractivity contribution is 5.28. The first kappa shape index (κ1) is 7.76. The molecule has 0 aromatic carbocycles. The molecule has 0 amide bonds. The molecule has 0 atom stereocenters. The number of hydrogen-bond donors (Lipinski definition) is 2. The van der Waals surface area contributed by atoms with Crippen molar-refractivity contribution in [3.05, 3.63) is 17.0 Å². The molecule has 2 heterocycles. The molecule has 0 radical (unpaired) electrons. The van der Waals surface area contributed by atoms with E-state index >= 15 is 0 Å². The van der Waals surface area contributed by atoms with Crippen LogP contribution in [0.4, 0.5) is 0 Å². The molecule has 12 heavy (non-hydrogen) atoms. The van der Waals surface area contributed by atoms with Crippen molar-refractivity contribution in [2.24, 2.45) is 7.05 Å². The van der Waals surface area contributed by atoms with E-state index in [1.165, 1.54) is 11.3 Å². The first-order valence-corrected chi connectivity index (χ1v) is 4.18. The van der Waals surface area contributed by atoms with Gasteiger partial charge in [0.15, 0.2) is 0 Å². The predicted octanol–water partition coefficient (Wildman–Crippen LogP) is -0.442. The maximum Gasteiger partial charge on any atom is 0.0914 e. The summed E-state index contributed by atoms with van der Waals surface area (Å²) in [5, 5.41) is 16.5. The summed E-state index contributed by atoms with van der Waals surface area (Å²) in [6, 6.07) is 0. The summed E-state index contributed by atoms with van der Waals surface area (Å²) in [4.78, 5) is 0. The molecule has 1 aliphatic rings. The highest BCUT2D eigenvalue weighted by Gasteiger charge is 2.17. The molecule has 0 unspecified atom stereocenters. The van der Waals surface area contributed by atoms with E-state index in [4.69, 9.17) is 5.11 Å². The van der Waals surface area contributed by atoms with Gasteiger partial charge in [0.2, 0.25) is 0 Å². The standard InChI is InChI=1S/C8H13N3O/c1-11-8-4-9-3-2-6(8)7(5-12)10-11/h9,12H,2-5H2,1H3. The van der Waals surface area contributed by atoms with Gasteiger partial charge in [0.25, 0.3) is 0 Å². The summed E-state index contributed by atoms with van der Waals surface area (Å²) in [7, 11) is 1.92. The van der Waals surface area contributed by atoms with Gasteiger partial charge in [-0.1, -0.05) is 0 Å². The Labute approximate surface area is 71.2 Å². The fourth-order valence-electron chi connectivity index (χ4n) is 1.72. The molecule has 0 bridgehead atoms. The van der Waals surface area contributed by atoms with Crippen LogP contribution in [0, 0.1) is 0 Å². The summed E-state index contributed by atoms with van der Waals surface area (Å²) < 4.78 is 1.85. The van der Waals surface area contributed by atoms with Gasteiger partial charge in [-0.25, -0.2) is 0 Å². The second kappa shape index (κ2) is 2.88. The van der Waals surface area contributed by atoms with Gasteiger partial charge in [0.1, 0.15) is 0 Å². The maximum atomic E-state index is 9.01. The number of nitrogens with zero attached hydrogens (tertiary/aromatic N) is 2. The van der Waals surface area contributed by atoms with Gasteiger partial charge in [0.05, 0.1) is 18.0 Å². The zero-order chi connectivity index (χ0) is 8.55. The van der Waals surface area contributed by atoms with Crippen molar-refractivity contribution in [3.63, 3.8) is 0 Å². The van der Waals surface area contributed by atoms with Crippen LogP contribution in [0.25, 0.3) is 0 Å². The van der Waals surface area contributed by atoms with Gasteiger partial charge in [-0.15, -0.1) is 0 Å². The van der Waals surface area contributed by atoms with Crippen molar-refractivity contribution in [1.82, 2.24) is 15.1 Å². The fraction of sp³-hybridized carbons (Fsp3) is 0.625. The highest BCUT2D eigenvalue weighted by Crippen LogP contribution is 2.17. The van der Waals surface area contributed by atoms with Gasteiger partial charge < -0.3 is 10.4 Å². The van der Waals surface area contributed by atoms with Crippen molar-refractivity contribution in [3.8, 4) is 0 Å². The lowest BCUT2D eigenvalue weighted by Crippen LogP contribution is -2.25. The van der Waals surface area contributed by atoms with Crippen LogP contribution in [-0.2, 0) is 26.6 Å². The van der Waals surface area contributed by atoms with E-state index in [0.717, 1.165) is 25.2 Å². The summed E-state index contributed by atoms with van der Waals surface area (Å²) in [5.74, 6) is 0. The molecule has 66 valence electrons. The molecule has 2 rings (SSSR count). The number of nitrogens with one attached hydrogen (secondary N) is 1. The minimum atomic E-state index is 0.0587. The average Bonchev–Trinajstić information content (AvgIpc) is 2.44. The molecule has 0 fully saturated rings. The average molecular weight is 167 g/mol. The van der Waals surface area contributed by atoms with Gasteiger partial charge in [-0.3, -0.25) is 4.68 Å². The number of rotatable bonds is 1. The Balaban J connectivity index is 2.47. The van der Waals surface area contributed by atoms with Gasteiger partial charge >= 0.3 is 0 Å². The minimum absolute atomic E-state index is 0.0587. The molecular formula is C8H13N3O. The third-order valence-electron chi connectivity index (χ3n) is 2.35. The topological polar surface area (TPSA) is 50.1 Å². The van der Waals surface area contributed by atoms with Crippen LogP contribution in [0.1, 0.15) is 17.0 Å². The van der Waals surface area contributed by atoms with Crippen LogP contribution >= 0.6 is 0 Å². The number of hydrogen-bond acceptors (Lipinski definition) is 3. The molecule has 1 aromatic rings. The lowest BCUT2D eigenvalue weighted by molar-refractivity contribution is 0.274. The molecule has 0 saturated heterocycles. The van der Waals surface area contributed by atoms with E-state index in [1.807, 2.05) is 11.7 Å². The molecule has 0 saturated carbocycles. The van der Waals surface area contributed by atoms with E-state index in [9.17, 15) is 0 Å². The van der Waals surface area contributed by atoms with Crippen molar-refractivity contribution in [2.45, 2.75) is 19.6 Å². The second-order valence-electron chi connectivity index (χ2n) is 3.08. The van der Waals surface area contributed by atoms with Crippen molar-refractivity contribution < 1.29 is 5.11 Å². The monoisotopic (exact) mass is 167 g/mol. The normalized spacial score (nSPS) is 16.2. The molecule has 1 aromatic heterocycles. The molecule has 0 spiro atoms. The van der Waals surface area contributed by atoms with Gasteiger partial charge in [0, 0.05) is 19.2 Å². The van der Waals surface area contributed by atoms with Gasteiger partial charge in [-0.2, -0.15) is 5.10 Å². The first-order valence-electron chi connectivity index (χ1n) is 4.18. The molecule has 4 heteroatoms. The van der Waals surface area contributed by atoms with Crippen LogP contribution in [0.5, 0.6) is 0 Å². The SMILES string of the molecule is Cn1nc(CO)c2c1CNCC2.